The number of nitrogens with zero attached hydrogens (tertiary/aromatic N) is 3. The fourth-order valence-electron chi connectivity index (χ4n) is 1.70. The fraction of sp³-hybridized carbons (Fsp3) is 0.364. The van der Waals surface area contributed by atoms with Crippen LogP contribution in [-0.4, -0.2) is 35.9 Å². The van der Waals surface area contributed by atoms with Crippen molar-refractivity contribution in [1.82, 2.24) is 4.90 Å². The Labute approximate surface area is 113 Å². The molecule has 0 aromatic heterocycles. The first-order valence-corrected chi connectivity index (χ1v) is 6.34. The van der Waals surface area contributed by atoms with E-state index in [2.05, 4.69) is 26.2 Å². The van der Waals surface area contributed by atoms with Crippen LogP contribution in [0.1, 0.15) is 6.42 Å². The number of guanidine groups is 1. The van der Waals surface area contributed by atoms with Gasteiger partial charge in [0.1, 0.15) is 0 Å². The maximum Gasteiger partial charge on any atom is 0.271 e. The zero-order valence-electron chi connectivity index (χ0n) is 9.89. The largest absolute Gasteiger partial charge is 0.346 e. The van der Waals surface area contributed by atoms with Crippen LogP contribution in [-0.2, 0) is 0 Å². The van der Waals surface area contributed by atoms with E-state index in [1.165, 1.54) is 12.1 Å². The summed E-state index contributed by atoms with van der Waals surface area (Å²) >= 11 is 3.37. The first-order valence-electron chi connectivity index (χ1n) is 5.54. The van der Waals surface area contributed by atoms with Crippen molar-refractivity contribution in [3.05, 3.63) is 32.8 Å². The predicted molar refractivity (Wildman–Crippen MR) is 74.0 cm³/mol. The Hall–Kier alpha value is -1.63. The average Bonchev–Trinajstić information content (AvgIpc) is 2.34. The lowest BCUT2D eigenvalue weighted by molar-refractivity contribution is -0.384. The fourth-order valence-corrected chi connectivity index (χ4v) is 2.04. The summed E-state index contributed by atoms with van der Waals surface area (Å²) in [6.07, 6.45) is 1.03. The van der Waals surface area contributed by atoms with Crippen LogP contribution in [0.15, 0.2) is 27.7 Å². The highest BCUT2D eigenvalue weighted by molar-refractivity contribution is 9.10. The first kappa shape index (κ1) is 12.8. The second-order valence-corrected chi connectivity index (χ2v) is 4.88. The molecular weight excluding hydrogens is 300 g/mol. The van der Waals surface area contributed by atoms with Gasteiger partial charge in [0.15, 0.2) is 5.96 Å². The molecule has 0 fully saturated rings. The van der Waals surface area contributed by atoms with Gasteiger partial charge in [-0.2, -0.15) is 0 Å². The van der Waals surface area contributed by atoms with E-state index in [-0.39, 0.29) is 5.69 Å². The van der Waals surface area contributed by atoms with Gasteiger partial charge in [-0.05, 0) is 28.4 Å². The number of hydrogen-bond acceptors (Lipinski definition) is 5. The summed E-state index contributed by atoms with van der Waals surface area (Å²) < 4.78 is 0.773. The zero-order valence-corrected chi connectivity index (χ0v) is 11.5. The maximum absolute atomic E-state index is 10.7. The molecule has 0 bridgehead atoms. The Morgan fingerprint density at radius 2 is 2.33 bits per heavy atom. The number of halogens is 1. The minimum Gasteiger partial charge on any atom is -0.346 e. The van der Waals surface area contributed by atoms with Crippen molar-refractivity contribution in [3.63, 3.8) is 0 Å². The van der Waals surface area contributed by atoms with Crippen LogP contribution in [0.25, 0.3) is 0 Å². The van der Waals surface area contributed by atoms with Gasteiger partial charge < -0.3 is 10.2 Å². The number of benzene rings is 1. The molecule has 0 atom stereocenters. The molecule has 0 saturated heterocycles. The van der Waals surface area contributed by atoms with E-state index in [9.17, 15) is 10.1 Å². The van der Waals surface area contributed by atoms with Gasteiger partial charge in [-0.15, -0.1) is 0 Å². The van der Waals surface area contributed by atoms with Gasteiger partial charge in [-0.1, -0.05) is 0 Å². The summed E-state index contributed by atoms with van der Waals surface area (Å²) in [6.45, 7) is 1.71. The number of anilines is 1. The number of hydrogen-bond donors (Lipinski definition) is 1. The van der Waals surface area contributed by atoms with Gasteiger partial charge in [0.25, 0.3) is 5.69 Å². The lowest BCUT2D eigenvalue weighted by Crippen LogP contribution is -2.37. The van der Waals surface area contributed by atoms with Crippen LogP contribution in [0.4, 0.5) is 11.4 Å². The molecule has 6 nitrogen and oxygen atoms in total. The van der Waals surface area contributed by atoms with Crippen LogP contribution >= 0.6 is 15.9 Å². The monoisotopic (exact) mass is 312 g/mol. The third kappa shape index (κ3) is 2.79. The number of nitro benzene ring substituents is 1. The molecule has 1 N–H and O–H groups in total. The Balaban J connectivity index is 2.25. The molecule has 0 aliphatic carbocycles. The molecule has 1 aliphatic rings. The third-order valence-corrected chi connectivity index (χ3v) is 3.37. The normalized spacial score (nSPS) is 15.2. The van der Waals surface area contributed by atoms with Crippen molar-refractivity contribution < 1.29 is 4.92 Å². The molecule has 0 radical (unpaired) electrons. The minimum atomic E-state index is -0.413. The smallest absolute Gasteiger partial charge is 0.271 e. The molecule has 96 valence electrons. The van der Waals surface area contributed by atoms with Gasteiger partial charge in [-0.25, -0.2) is 0 Å². The molecule has 0 spiro atoms. The Kier molecular flexibility index (Phi) is 3.81. The summed E-state index contributed by atoms with van der Waals surface area (Å²) in [4.78, 5) is 16.7. The standard InChI is InChI=1S/C11H13BrN4O2/c1-15-6-2-5-13-11(15)14-10-7-8(16(17)18)3-4-9(10)12/h3-4,7H,2,5-6H2,1H3,(H,13,14). The lowest BCUT2D eigenvalue weighted by Gasteiger charge is -2.25. The Morgan fingerprint density at radius 1 is 1.56 bits per heavy atom. The van der Waals surface area contributed by atoms with Crippen molar-refractivity contribution in [2.75, 3.05) is 25.5 Å². The van der Waals surface area contributed by atoms with E-state index in [0.717, 1.165) is 29.9 Å². The number of aliphatic imine (C=N–C) groups is 1. The maximum atomic E-state index is 10.7. The first-order chi connectivity index (χ1) is 8.58. The third-order valence-electron chi connectivity index (χ3n) is 2.68. The zero-order chi connectivity index (χ0) is 13.1. The Bertz CT molecular complexity index is 504. The van der Waals surface area contributed by atoms with E-state index in [4.69, 9.17) is 0 Å². The molecule has 18 heavy (non-hydrogen) atoms. The van der Waals surface area contributed by atoms with Crippen molar-refractivity contribution >= 4 is 33.3 Å². The van der Waals surface area contributed by atoms with Gasteiger partial charge in [0, 0.05) is 36.7 Å². The van der Waals surface area contributed by atoms with Crippen molar-refractivity contribution in [3.8, 4) is 0 Å². The molecule has 1 aromatic carbocycles. The number of non-ortho nitro benzene ring substituents is 1. The quantitative estimate of drug-likeness (QED) is 0.672. The molecule has 1 aromatic rings. The van der Waals surface area contributed by atoms with Crippen LogP contribution in [0.5, 0.6) is 0 Å². The van der Waals surface area contributed by atoms with Gasteiger partial charge in [-0.3, -0.25) is 15.1 Å². The van der Waals surface area contributed by atoms with E-state index < -0.39 is 4.92 Å². The summed E-state index contributed by atoms with van der Waals surface area (Å²) in [5.41, 5.74) is 0.705. The molecule has 0 unspecified atom stereocenters. The van der Waals surface area contributed by atoms with Crippen molar-refractivity contribution in [1.29, 1.82) is 0 Å². The average molecular weight is 313 g/mol. The molecule has 1 aliphatic heterocycles. The molecule has 2 rings (SSSR count). The van der Waals surface area contributed by atoms with E-state index >= 15 is 0 Å². The van der Waals surface area contributed by atoms with E-state index in [1.54, 1.807) is 6.07 Å². The molecule has 0 amide bonds. The Morgan fingerprint density at radius 3 is 3.00 bits per heavy atom. The second-order valence-electron chi connectivity index (χ2n) is 4.03. The number of nitro groups is 1. The minimum absolute atomic E-state index is 0.0553. The van der Waals surface area contributed by atoms with Crippen molar-refractivity contribution in [2.45, 2.75) is 6.42 Å². The lowest BCUT2D eigenvalue weighted by atomic mass is 10.3. The van der Waals surface area contributed by atoms with Gasteiger partial charge >= 0.3 is 0 Å². The van der Waals surface area contributed by atoms with E-state index in [0.29, 0.717) is 5.69 Å². The van der Waals surface area contributed by atoms with E-state index in [1.807, 2.05) is 11.9 Å². The van der Waals surface area contributed by atoms with Crippen molar-refractivity contribution in [2.24, 2.45) is 4.99 Å². The van der Waals surface area contributed by atoms with Crippen LogP contribution < -0.4 is 5.32 Å². The number of nitrogens with one attached hydrogen (secondary N) is 1. The molecule has 0 saturated carbocycles. The highest BCUT2D eigenvalue weighted by Gasteiger charge is 2.14. The van der Waals surface area contributed by atoms with Crippen LogP contribution in [0.2, 0.25) is 0 Å². The highest BCUT2D eigenvalue weighted by Crippen LogP contribution is 2.27. The molecule has 1 heterocycles. The summed E-state index contributed by atoms with van der Waals surface area (Å²) in [5.74, 6) is 0.738. The summed E-state index contributed by atoms with van der Waals surface area (Å²) in [7, 11) is 1.94. The van der Waals surface area contributed by atoms with Crippen LogP contribution in [0.3, 0.4) is 0 Å². The highest BCUT2D eigenvalue weighted by atomic mass is 79.9. The van der Waals surface area contributed by atoms with Gasteiger partial charge in [0.2, 0.25) is 0 Å². The summed E-state index contributed by atoms with van der Waals surface area (Å²) in [6, 6.07) is 4.61. The molecule has 7 heteroatoms. The molecular formula is C11H13BrN4O2. The topological polar surface area (TPSA) is 70.8 Å². The summed E-state index contributed by atoms with van der Waals surface area (Å²) in [5, 5.41) is 13.9. The van der Waals surface area contributed by atoms with Gasteiger partial charge in [0.05, 0.1) is 10.6 Å². The SMILES string of the molecule is CN1CCCN=C1Nc1cc([N+](=O)[O-])ccc1Br. The van der Waals surface area contributed by atoms with Crippen LogP contribution in [0, 0.1) is 10.1 Å². The number of rotatable bonds is 2. The second kappa shape index (κ2) is 5.34. The predicted octanol–water partition coefficient (Wildman–Crippen LogP) is 2.46.